The topological polar surface area (TPSA) is 143 Å². The zero-order valence-electron chi connectivity index (χ0n) is 26.0. The summed E-state index contributed by atoms with van der Waals surface area (Å²) < 4.78 is 40.8. The van der Waals surface area contributed by atoms with E-state index in [0.29, 0.717) is 36.8 Å². The first kappa shape index (κ1) is 33.3. The van der Waals surface area contributed by atoms with Gasteiger partial charge in [-0.05, 0) is 61.5 Å². The van der Waals surface area contributed by atoms with Gasteiger partial charge in [-0.2, -0.15) is 8.78 Å². The molecule has 0 bridgehead atoms. The van der Waals surface area contributed by atoms with Crippen molar-refractivity contribution in [1.82, 2.24) is 20.6 Å². The van der Waals surface area contributed by atoms with E-state index in [1.54, 1.807) is 19.9 Å². The maximum Gasteiger partial charge on any atom is 0.407 e. The highest BCUT2D eigenvalue weighted by Crippen LogP contribution is 2.57. The Morgan fingerprint density at radius 2 is 1.86 bits per heavy atom. The number of unbranched alkanes of at least 4 members (excludes halogenated alkanes) is 1. The number of carbonyl (C=O) groups is 3. The average molecular weight is 618 g/mol. The Labute approximate surface area is 256 Å². The van der Waals surface area contributed by atoms with Crippen molar-refractivity contribution in [3.05, 3.63) is 23.9 Å². The molecular formula is C32H43F2N4O6-. The van der Waals surface area contributed by atoms with Gasteiger partial charge >= 0.3 is 6.09 Å². The van der Waals surface area contributed by atoms with Crippen LogP contribution in [-0.2, 0) is 20.2 Å². The molecule has 6 atom stereocenters. The first-order valence-corrected chi connectivity index (χ1v) is 15.5. The van der Waals surface area contributed by atoms with Gasteiger partial charge in [-0.1, -0.05) is 40.5 Å². The van der Waals surface area contributed by atoms with Gasteiger partial charge in [0.15, 0.2) is 5.78 Å². The van der Waals surface area contributed by atoms with Crippen molar-refractivity contribution in [3.63, 3.8) is 0 Å². The first-order chi connectivity index (χ1) is 20.8. The number of amides is 2. The predicted octanol–water partition coefficient (Wildman–Crippen LogP) is 4.87. The van der Waals surface area contributed by atoms with E-state index in [1.807, 2.05) is 13.8 Å². The van der Waals surface area contributed by atoms with Crippen LogP contribution in [0.1, 0.15) is 78.3 Å². The second-order valence-corrected chi connectivity index (χ2v) is 12.5. The average Bonchev–Trinajstić information content (AvgIpc) is 3.67. The largest absolute Gasteiger partial charge is 0.857 e. The Bertz CT molecular complexity index is 1360. The van der Waals surface area contributed by atoms with E-state index >= 15 is 8.78 Å². The summed E-state index contributed by atoms with van der Waals surface area (Å²) in [5, 5.41) is 17.6. The van der Waals surface area contributed by atoms with Gasteiger partial charge in [-0.15, -0.1) is 0 Å². The number of rotatable bonds is 15. The van der Waals surface area contributed by atoms with E-state index in [0.717, 1.165) is 12.8 Å². The SMILES string of the molecule is CC[C@@H](C)[C@H](NC(=O)CNC(=O)OC1CC2CC2[C@H]1CCCCC(F)(F)c1nc2ccc(OC)cc2nc1[O-])C(=O)C(C)C. The van der Waals surface area contributed by atoms with Crippen molar-refractivity contribution in [3.8, 4) is 11.6 Å². The standard InChI is InChI=1S/C32H44F2N4O6/c1-6-18(4)27(28(40)17(2)3)38-26(39)16-35-31(42)44-25-14-19-13-22(19)21(25)9-7-8-12-32(33,34)29-30(41)37-24-15-20(43-5)10-11-23(24)36-29/h10-11,15,17-19,21-22,25,27H,6-9,12-14,16H2,1-5H3,(H,35,42)(H,37,41)(H,38,39)/p-1/t18-,19?,21-,22?,25?,27+/m1/s1. The summed E-state index contributed by atoms with van der Waals surface area (Å²) in [6, 6.07) is 3.92. The van der Waals surface area contributed by atoms with Gasteiger partial charge in [0.05, 0.1) is 24.2 Å². The minimum absolute atomic E-state index is 0.0424. The van der Waals surface area contributed by atoms with Gasteiger partial charge in [-0.3, -0.25) is 14.6 Å². The molecule has 2 aliphatic rings. The Balaban J connectivity index is 1.24. The van der Waals surface area contributed by atoms with Gasteiger partial charge in [0.25, 0.3) is 5.92 Å². The van der Waals surface area contributed by atoms with Crippen molar-refractivity contribution in [2.75, 3.05) is 13.7 Å². The van der Waals surface area contributed by atoms with E-state index in [9.17, 15) is 19.5 Å². The lowest BCUT2D eigenvalue weighted by atomic mass is 9.90. The van der Waals surface area contributed by atoms with Crippen LogP contribution < -0.4 is 20.5 Å². The van der Waals surface area contributed by atoms with Crippen LogP contribution in [0.15, 0.2) is 18.2 Å². The molecule has 0 aliphatic heterocycles. The molecule has 2 amide bonds. The van der Waals surface area contributed by atoms with Crippen molar-refractivity contribution in [2.24, 2.45) is 29.6 Å². The van der Waals surface area contributed by atoms with Crippen LogP contribution in [0.5, 0.6) is 11.6 Å². The third kappa shape index (κ3) is 7.92. The van der Waals surface area contributed by atoms with Crippen molar-refractivity contribution in [1.29, 1.82) is 0 Å². The number of alkyl carbamates (subject to hydrolysis) is 1. The summed E-state index contributed by atoms with van der Waals surface area (Å²) in [7, 11) is 1.46. The first-order valence-electron chi connectivity index (χ1n) is 15.5. The summed E-state index contributed by atoms with van der Waals surface area (Å²) in [5.74, 6) is -3.93. The fourth-order valence-corrected chi connectivity index (χ4v) is 6.22. The number of ketones is 1. The van der Waals surface area contributed by atoms with E-state index in [-0.39, 0.29) is 53.6 Å². The molecule has 0 saturated heterocycles. The minimum Gasteiger partial charge on any atom is -0.857 e. The number of hydrogen-bond donors (Lipinski definition) is 2. The van der Waals surface area contributed by atoms with Crippen LogP contribution in [-0.4, -0.2) is 53.6 Å². The zero-order chi connectivity index (χ0) is 32.2. The molecule has 0 radical (unpaired) electrons. The number of ether oxygens (including phenoxy) is 2. The normalized spacial score (nSPS) is 22.3. The van der Waals surface area contributed by atoms with Gasteiger partial charge in [0.1, 0.15) is 24.1 Å². The van der Waals surface area contributed by atoms with E-state index in [1.165, 1.54) is 19.2 Å². The number of Topliss-reactive ketones (excluding diaryl/α,β-unsaturated/α-hetero) is 1. The number of fused-ring (bicyclic) bond motifs is 2. The third-order valence-electron chi connectivity index (χ3n) is 9.06. The summed E-state index contributed by atoms with van der Waals surface area (Å²) in [6.07, 6.45) is 2.09. The summed E-state index contributed by atoms with van der Waals surface area (Å²) in [5.41, 5.74) is -0.466. The number of alkyl halides is 2. The maximum absolute atomic E-state index is 15.0. The lowest BCUT2D eigenvalue weighted by Gasteiger charge is -2.25. The van der Waals surface area contributed by atoms with Gasteiger partial charge in [-0.25, -0.2) is 9.78 Å². The Hall–Kier alpha value is -3.57. The van der Waals surface area contributed by atoms with Crippen molar-refractivity contribution >= 4 is 28.8 Å². The quantitative estimate of drug-likeness (QED) is 0.270. The number of carbonyl (C=O) groups excluding carboxylic acids is 3. The fraction of sp³-hybridized carbons (Fsp3) is 0.656. The molecule has 4 rings (SSSR count). The van der Waals surface area contributed by atoms with Crippen molar-refractivity contribution < 1.29 is 37.7 Å². The molecule has 1 aromatic carbocycles. The smallest absolute Gasteiger partial charge is 0.407 e. The molecule has 2 saturated carbocycles. The number of hydrogen-bond acceptors (Lipinski definition) is 8. The summed E-state index contributed by atoms with van der Waals surface area (Å²) >= 11 is 0. The number of aromatic nitrogens is 2. The monoisotopic (exact) mass is 617 g/mol. The molecule has 44 heavy (non-hydrogen) atoms. The molecule has 3 unspecified atom stereocenters. The van der Waals surface area contributed by atoms with E-state index < -0.39 is 42.0 Å². The van der Waals surface area contributed by atoms with Gasteiger partial charge < -0.3 is 25.2 Å². The molecule has 2 fully saturated rings. The highest BCUT2D eigenvalue weighted by molar-refractivity contribution is 5.91. The van der Waals surface area contributed by atoms with Crippen LogP contribution in [0.2, 0.25) is 0 Å². The molecule has 1 heterocycles. The van der Waals surface area contributed by atoms with Crippen LogP contribution in [0, 0.1) is 29.6 Å². The van der Waals surface area contributed by atoms with Crippen LogP contribution in [0.3, 0.4) is 0 Å². The molecule has 12 heteroatoms. The van der Waals surface area contributed by atoms with Gasteiger partial charge in [0, 0.05) is 24.3 Å². The Kier molecular flexibility index (Phi) is 10.6. The van der Waals surface area contributed by atoms with Crippen molar-refractivity contribution in [2.45, 2.75) is 90.7 Å². The highest BCUT2D eigenvalue weighted by atomic mass is 19.3. The molecule has 2 N–H and O–H groups in total. The predicted molar refractivity (Wildman–Crippen MR) is 157 cm³/mol. The number of benzene rings is 1. The Morgan fingerprint density at radius 3 is 2.55 bits per heavy atom. The highest BCUT2D eigenvalue weighted by Gasteiger charge is 2.54. The molecule has 1 aromatic heterocycles. The Morgan fingerprint density at radius 1 is 1.11 bits per heavy atom. The molecule has 0 spiro atoms. The van der Waals surface area contributed by atoms with Crippen LogP contribution >= 0.6 is 0 Å². The minimum atomic E-state index is -3.43. The second kappa shape index (κ2) is 14.0. The lowest BCUT2D eigenvalue weighted by molar-refractivity contribution is -0.279. The summed E-state index contributed by atoms with van der Waals surface area (Å²) in [4.78, 5) is 45.3. The fourth-order valence-electron chi connectivity index (χ4n) is 6.22. The molecular weight excluding hydrogens is 574 g/mol. The molecule has 2 aromatic rings. The molecule has 242 valence electrons. The number of halogens is 2. The van der Waals surface area contributed by atoms with E-state index in [4.69, 9.17) is 9.47 Å². The third-order valence-corrected chi connectivity index (χ3v) is 9.06. The number of nitrogens with zero attached hydrogens (tertiary/aromatic N) is 2. The van der Waals surface area contributed by atoms with Crippen LogP contribution in [0.25, 0.3) is 11.0 Å². The molecule has 10 nitrogen and oxygen atoms in total. The number of nitrogens with one attached hydrogen (secondary N) is 2. The van der Waals surface area contributed by atoms with Gasteiger partial charge in [0.2, 0.25) is 5.91 Å². The lowest BCUT2D eigenvalue weighted by Crippen LogP contribution is -2.50. The van der Waals surface area contributed by atoms with Crippen LogP contribution in [0.4, 0.5) is 13.6 Å². The molecule has 2 aliphatic carbocycles. The second-order valence-electron chi connectivity index (χ2n) is 12.5. The zero-order valence-corrected chi connectivity index (χ0v) is 26.0. The van der Waals surface area contributed by atoms with E-state index in [2.05, 4.69) is 20.6 Å². The number of methoxy groups -OCH3 is 1. The maximum atomic E-state index is 15.0. The summed E-state index contributed by atoms with van der Waals surface area (Å²) in [6.45, 7) is 7.10.